The number of benzene rings is 2. The summed E-state index contributed by atoms with van der Waals surface area (Å²) in [4.78, 5) is 14.3. The zero-order valence-corrected chi connectivity index (χ0v) is 19.2. The summed E-state index contributed by atoms with van der Waals surface area (Å²) in [6.07, 6.45) is 3.91. The van der Waals surface area contributed by atoms with Crippen LogP contribution in [0.2, 0.25) is 10.0 Å². The zero-order chi connectivity index (χ0) is 22.1. The number of allylic oxidation sites excluding steroid dienone is 1. The van der Waals surface area contributed by atoms with Gasteiger partial charge in [0, 0.05) is 23.3 Å². The molecule has 1 aliphatic heterocycles. The van der Waals surface area contributed by atoms with Gasteiger partial charge < -0.3 is 9.64 Å². The lowest BCUT2D eigenvalue weighted by molar-refractivity contribution is -0.123. The molecule has 1 heterocycles. The number of carbonyl (C=O) groups excluding carboxylic acids is 1. The summed E-state index contributed by atoms with van der Waals surface area (Å²) in [7, 11) is 2.10. The number of hydrogen-bond acceptors (Lipinski definition) is 4. The minimum absolute atomic E-state index is 0.0416. The summed E-state index contributed by atoms with van der Waals surface area (Å²) >= 11 is 11.9. The van der Waals surface area contributed by atoms with Crippen molar-refractivity contribution in [1.82, 2.24) is 5.43 Å². The molecule has 0 fully saturated rings. The van der Waals surface area contributed by atoms with Crippen LogP contribution in [-0.2, 0) is 4.79 Å². The van der Waals surface area contributed by atoms with Gasteiger partial charge in [0.15, 0.2) is 6.61 Å². The number of hydrogen-bond donors (Lipinski definition) is 1. The van der Waals surface area contributed by atoms with Crippen LogP contribution in [0.15, 0.2) is 41.5 Å². The van der Waals surface area contributed by atoms with Crippen LogP contribution < -0.4 is 15.1 Å². The fourth-order valence-corrected chi connectivity index (χ4v) is 3.86. The maximum Gasteiger partial charge on any atom is 0.277 e. The van der Waals surface area contributed by atoms with Crippen molar-refractivity contribution in [2.45, 2.75) is 33.2 Å². The van der Waals surface area contributed by atoms with Crippen LogP contribution in [-0.4, -0.2) is 31.3 Å². The van der Waals surface area contributed by atoms with Crippen molar-refractivity contribution in [3.8, 4) is 5.75 Å². The second-order valence-electron chi connectivity index (χ2n) is 7.92. The number of halogens is 2. The van der Waals surface area contributed by atoms with Crippen molar-refractivity contribution in [1.29, 1.82) is 0 Å². The van der Waals surface area contributed by atoms with Gasteiger partial charge >= 0.3 is 0 Å². The first kappa shape index (κ1) is 22.2. The third-order valence-corrected chi connectivity index (χ3v) is 5.78. The monoisotopic (exact) mass is 445 g/mol. The van der Waals surface area contributed by atoms with E-state index in [9.17, 15) is 4.79 Å². The topological polar surface area (TPSA) is 53.9 Å². The number of nitrogens with zero attached hydrogens (tertiary/aromatic N) is 2. The van der Waals surface area contributed by atoms with Crippen LogP contribution >= 0.6 is 23.2 Å². The Hall–Kier alpha value is -2.50. The summed E-state index contributed by atoms with van der Waals surface area (Å²) in [6, 6.07) is 9.07. The van der Waals surface area contributed by atoms with Crippen molar-refractivity contribution in [2.24, 2.45) is 5.10 Å². The predicted molar refractivity (Wildman–Crippen MR) is 125 cm³/mol. The molecule has 0 radical (unpaired) electrons. The molecule has 0 saturated carbocycles. The third-order valence-electron chi connectivity index (χ3n) is 5.25. The summed E-state index contributed by atoms with van der Waals surface area (Å²) in [5.41, 5.74) is 8.03. The molecule has 0 unspecified atom stereocenters. The Balaban J connectivity index is 1.67. The third kappa shape index (κ3) is 4.79. The molecule has 0 atom stereocenters. The number of nitrogens with one attached hydrogen (secondary N) is 1. The van der Waals surface area contributed by atoms with Gasteiger partial charge in [-0.3, -0.25) is 4.79 Å². The van der Waals surface area contributed by atoms with Crippen LogP contribution in [0.4, 0.5) is 5.69 Å². The highest BCUT2D eigenvalue weighted by Gasteiger charge is 2.28. The van der Waals surface area contributed by atoms with Gasteiger partial charge in [-0.15, -0.1) is 0 Å². The van der Waals surface area contributed by atoms with E-state index in [0.717, 1.165) is 16.7 Å². The first-order valence-corrected chi connectivity index (χ1v) is 10.3. The summed E-state index contributed by atoms with van der Waals surface area (Å²) in [5, 5.41) is 4.93. The van der Waals surface area contributed by atoms with E-state index in [1.807, 2.05) is 6.92 Å². The number of anilines is 1. The number of rotatable bonds is 5. The van der Waals surface area contributed by atoms with E-state index in [2.05, 4.69) is 61.5 Å². The lowest BCUT2D eigenvalue weighted by Gasteiger charge is -2.41. The Morgan fingerprint density at radius 2 is 1.97 bits per heavy atom. The molecule has 0 aliphatic carbocycles. The molecule has 30 heavy (non-hydrogen) atoms. The Labute approximate surface area is 187 Å². The number of carbonyl (C=O) groups is 1. The first-order chi connectivity index (χ1) is 14.1. The second-order valence-corrected chi connectivity index (χ2v) is 8.77. The fourth-order valence-electron chi connectivity index (χ4n) is 3.40. The normalized spacial score (nSPS) is 15.0. The van der Waals surface area contributed by atoms with Crippen molar-refractivity contribution >= 4 is 46.6 Å². The molecule has 0 aromatic heterocycles. The molecule has 158 valence electrons. The van der Waals surface area contributed by atoms with Gasteiger partial charge in [-0.25, -0.2) is 5.43 Å². The lowest BCUT2D eigenvalue weighted by Crippen LogP contribution is -2.42. The standard InChI is InChI=1S/C23H25Cl2N3O2/c1-14-8-20-18(15(2)11-23(3,4)28(20)5)9-16(14)12-26-27-22(29)13-30-21-7-6-17(24)10-19(21)25/h6-12H,13H2,1-5H3,(H,27,29)/b26-12+. The Kier molecular flexibility index (Phi) is 6.44. The molecule has 0 bridgehead atoms. The molecule has 1 aliphatic rings. The highest BCUT2D eigenvalue weighted by atomic mass is 35.5. The highest BCUT2D eigenvalue weighted by molar-refractivity contribution is 6.35. The fraction of sp³-hybridized carbons (Fsp3) is 0.304. The van der Waals surface area contributed by atoms with Crippen LogP contribution in [0.25, 0.3) is 5.57 Å². The molecule has 1 N–H and O–H groups in total. The van der Waals surface area contributed by atoms with Gasteiger partial charge in [0.1, 0.15) is 5.75 Å². The van der Waals surface area contributed by atoms with Crippen molar-refractivity contribution < 1.29 is 9.53 Å². The van der Waals surface area contributed by atoms with E-state index in [1.165, 1.54) is 11.3 Å². The van der Waals surface area contributed by atoms with Gasteiger partial charge in [0.25, 0.3) is 5.91 Å². The average Bonchev–Trinajstić information content (AvgIpc) is 2.66. The van der Waals surface area contributed by atoms with Crippen molar-refractivity contribution in [2.75, 3.05) is 18.6 Å². The maximum atomic E-state index is 12.0. The van der Waals surface area contributed by atoms with Gasteiger partial charge in [-0.1, -0.05) is 29.3 Å². The smallest absolute Gasteiger partial charge is 0.277 e. The summed E-state index contributed by atoms with van der Waals surface area (Å²) in [6.45, 7) is 8.33. The average molecular weight is 446 g/mol. The van der Waals surface area contributed by atoms with Gasteiger partial charge in [-0.05, 0) is 74.7 Å². The number of likely N-dealkylation sites (N-methyl/N-ethyl adjacent to an activating group) is 1. The Morgan fingerprint density at radius 1 is 1.23 bits per heavy atom. The predicted octanol–water partition coefficient (Wildman–Crippen LogP) is 5.46. The Morgan fingerprint density at radius 3 is 2.67 bits per heavy atom. The SMILES string of the molecule is CC1=CC(C)(C)N(C)c2cc(C)c(/C=N/NC(=O)COc3ccc(Cl)cc3Cl)cc21. The molecule has 2 aromatic carbocycles. The largest absolute Gasteiger partial charge is 0.482 e. The molecular formula is C23H25Cl2N3O2. The van der Waals surface area contributed by atoms with E-state index in [-0.39, 0.29) is 18.1 Å². The first-order valence-electron chi connectivity index (χ1n) is 9.56. The molecule has 0 spiro atoms. The summed E-state index contributed by atoms with van der Waals surface area (Å²) < 4.78 is 5.41. The van der Waals surface area contributed by atoms with Crippen LogP contribution in [0.1, 0.15) is 37.5 Å². The number of fused-ring (bicyclic) bond motifs is 1. The summed E-state index contributed by atoms with van der Waals surface area (Å²) in [5.74, 6) is 0.00507. The molecular weight excluding hydrogens is 421 g/mol. The lowest BCUT2D eigenvalue weighted by atomic mass is 9.87. The second kappa shape index (κ2) is 8.70. The van der Waals surface area contributed by atoms with Gasteiger partial charge in [-0.2, -0.15) is 5.10 Å². The van der Waals surface area contributed by atoms with Gasteiger partial charge in [0.05, 0.1) is 16.8 Å². The molecule has 7 heteroatoms. The van der Waals surface area contributed by atoms with Crippen molar-refractivity contribution in [3.63, 3.8) is 0 Å². The molecule has 5 nitrogen and oxygen atoms in total. The van der Waals surface area contributed by atoms with E-state index in [1.54, 1.807) is 24.4 Å². The molecule has 1 amide bonds. The molecule has 3 rings (SSSR count). The van der Waals surface area contributed by atoms with E-state index in [4.69, 9.17) is 27.9 Å². The number of amides is 1. The van der Waals surface area contributed by atoms with Crippen molar-refractivity contribution in [3.05, 3.63) is 63.1 Å². The highest BCUT2D eigenvalue weighted by Crippen LogP contribution is 2.39. The maximum absolute atomic E-state index is 12.0. The van der Waals surface area contributed by atoms with Crippen LogP contribution in [0, 0.1) is 6.92 Å². The number of ether oxygens (including phenoxy) is 1. The van der Waals surface area contributed by atoms with E-state index in [0.29, 0.717) is 15.8 Å². The minimum Gasteiger partial charge on any atom is -0.482 e. The van der Waals surface area contributed by atoms with Crippen LogP contribution in [0.3, 0.4) is 0 Å². The number of hydrazone groups is 1. The zero-order valence-electron chi connectivity index (χ0n) is 17.7. The van der Waals surface area contributed by atoms with E-state index < -0.39 is 0 Å². The quantitative estimate of drug-likeness (QED) is 0.490. The molecule has 2 aromatic rings. The molecule has 0 saturated heterocycles. The minimum atomic E-state index is -0.384. The van der Waals surface area contributed by atoms with Gasteiger partial charge in [0.2, 0.25) is 0 Å². The van der Waals surface area contributed by atoms with Crippen LogP contribution in [0.5, 0.6) is 5.75 Å². The van der Waals surface area contributed by atoms with E-state index >= 15 is 0 Å². The number of aryl methyl sites for hydroxylation is 1. The Bertz CT molecular complexity index is 1040.